The van der Waals surface area contributed by atoms with E-state index in [9.17, 15) is 9.59 Å². The molecule has 0 radical (unpaired) electrons. The van der Waals surface area contributed by atoms with Gasteiger partial charge in [-0.3, -0.25) is 9.59 Å². The molecule has 0 aliphatic rings. The molecule has 28 heavy (non-hydrogen) atoms. The van der Waals surface area contributed by atoms with Crippen molar-refractivity contribution in [1.29, 1.82) is 0 Å². The Morgan fingerprint density at radius 2 is 1.86 bits per heavy atom. The van der Waals surface area contributed by atoms with Gasteiger partial charge in [0, 0.05) is 16.6 Å². The number of carbonyl (C=O) groups excluding carboxylic acids is 2. The minimum atomic E-state index is -0.885. The Hall–Kier alpha value is -2.99. The van der Waals surface area contributed by atoms with Crippen LogP contribution < -0.4 is 5.32 Å². The number of benzene rings is 2. The molecule has 1 atom stereocenters. The molecule has 144 valence electrons. The van der Waals surface area contributed by atoms with Crippen molar-refractivity contribution >= 4 is 28.9 Å². The zero-order valence-corrected chi connectivity index (χ0v) is 16.9. The van der Waals surface area contributed by atoms with Crippen molar-refractivity contribution in [2.24, 2.45) is 0 Å². The number of thiazole rings is 1. The number of ether oxygens (including phenoxy) is 1. The van der Waals surface area contributed by atoms with Crippen molar-refractivity contribution in [2.75, 3.05) is 5.32 Å². The Labute approximate surface area is 168 Å². The molecule has 0 unspecified atom stereocenters. The average Bonchev–Trinajstić information content (AvgIpc) is 3.12. The van der Waals surface area contributed by atoms with Gasteiger partial charge < -0.3 is 10.1 Å². The number of amides is 1. The maximum Gasteiger partial charge on any atom is 0.312 e. The van der Waals surface area contributed by atoms with Gasteiger partial charge in [-0.05, 0) is 39.0 Å². The number of aromatic nitrogens is 1. The molecular weight excluding hydrogens is 372 g/mol. The van der Waals surface area contributed by atoms with Gasteiger partial charge in [-0.2, -0.15) is 0 Å². The second-order valence-electron chi connectivity index (χ2n) is 6.68. The Kier molecular flexibility index (Phi) is 6.21. The lowest BCUT2D eigenvalue weighted by Gasteiger charge is -2.13. The fraction of sp³-hybridized carbons (Fsp3) is 0.227. The number of nitrogens with one attached hydrogen (secondary N) is 1. The lowest BCUT2D eigenvalue weighted by molar-refractivity contribution is -0.152. The number of hydrogen-bond acceptors (Lipinski definition) is 5. The van der Waals surface area contributed by atoms with Gasteiger partial charge in [-0.15, -0.1) is 11.3 Å². The smallest absolute Gasteiger partial charge is 0.312 e. The lowest BCUT2D eigenvalue weighted by Crippen LogP contribution is -2.30. The number of anilines is 1. The Morgan fingerprint density at radius 3 is 2.57 bits per heavy atom. The number of esters is 1. The summed E-state index contributed by atoms with van der Waals surface area (Å²) in [6, 6.07) is 15.5. The molecule has 2 aromatic carbocycles. The minimum Gasteiger partial charge on any atom is -0.452 e. The van der Waals surface area contributed by atoms with Crippen molar-refractivity contribution in [2.45, 2.75) is 33.3 Å². The molecular formula is C22H22N2O3S. The molecule has 0 aliphatic heterocycles. The van der Waals surface area contributed by atoms with Crippen LogP contribution in [-0.4, -0.2) is 23.0 Å². The van der Waals surface area contributed by atoms with Crippen LogP contribution in [0.5, 0.6) is 0 Å². The predicted octanol–water partition coefficient (Wildman–Crippen LogP) is 4.54. The van der Waals surface area contributed by atoms with E-state index in [0.717, 1.165) is 21.7 Å². The molecule has 1 heterocycles. The van der Waals surface area contributed by atoms with E-state index in [0.29, 0.717) is 11.4 Å². The summed E-state index contributed by atoms with van der Waals surface area (Å²) >= 11 is 1.48. The number of aryl methyl sites for hydroxylation is 2. The third kappa shape index (κ3) is 5.27. The van der Waals surface area contributed by atoms with Gasteiger partial charge in [0.05, 0.1) is 12.1 Å². The molecule has 0 saturated carbocycles. The predicted molar refractivity (Wildman–Crippen MR) is 111 cm³/mol. The second kappa shape index (κ2) is 8.80. The maximum absolute atomic E-state index is 12.2. The molecule has 1 N–H and O–H groups in total. The first kappa shape index (κ1) is 19.8. The quantitative estimate of drug-likeness (QED) is 0.623. The third-order valence-electron chi connectivity index (χ3n) is 4.14. The summed E-state index contributed by atoms with van der Waals surface area (Å²) in [6.45, 7) is 5.55. The fourth-order valence-electron chi connectivity index (χ4n) is 2.62. The van der Waals surface area contributed by atoms with Crippen LogP contribution in [0.25, 0.3) is 10.6 Å². The molecule has 0 fully saturated rings. The van der Waals surface area contributed by atoms with Gasteiger partial charge in [-0.25, -0.2) is 4.98 Å². The van der Waals surface area contributed by atoms with Gasteiger partial charge in [0.2, 0.25) is 0 Å². The van der Waals surface area contributed by atoms with E-state index in [2.05, 4.69) is 16.4 Å². The van der Waals surface area contributed by atoms with E-state index in [-0.39, 0.29) is 12.3 Å². The van der Waals surface area contributed by atoms with Crippen molar-refractivity contribution < 1.29 is 14.3 Å². The molecule has 6 heteroatoms. The summed E-state index contributed by atoms with van der Waals surface area (Å²) in [5.41, 5.74) is 4.58. The minimum absolute atomic E-state index is 0.0322. The van der Waals surface area contributed by atoms with Crippen molar-refractivity contribution in [3.05, 3.63) is 70.7 Å². The van der Waals surface area contributed by atoms with Gasteiger partial charge in [0.1, 0.15) is 5.01 Å². The highest BCUT2D eigenvalue weighted by Crippen LogP contribution is 2.24. The highest BCUT2D eigenvalue weighted by molar-refractivity contribution is 7.13. The highest BCUT2D eigenvalue weighted by atomic mass is 32.1. The normalized spacial score (nSPS) is 11.7. The van der Waals surface area contributed by atoms with Gasteiger partial charge in [-0.1, -0.05) is 41.5 Å². The first-order chi connectivity index (χ1) is 13.4. The summed E-state index contributed by atoms with van der Waals surface area (Å²) in [7, 11) is 0. The number of hydrogen-bond donors (Lipinski definition) is 1. The molecule has 3 aromatic rings. The first-order valence-electron chi connectivity index (χ1n) is 8.99. The summed E-state index contributed by atoms with van der Waals surface area (Å²) in [5.74, 6) is -0.844. The summed E-state index contributed by atoms with van der Waals surface area (Å²) in [6.07, 6.45) is -0.853. The Balaban J connectivity index is 1.55. The number of nitrogens with zero attached hydrogens (tertiary/aromatic N) is 1. The molecule has 1 aromatic heterocycles. The van der Waals surface area contributed by atoms with Gasteiger partial charge >= 0.3 is 5.97 Å². The van der Waals surface area contributed by atoms with Crippen molar-refractivity contribution in [3.8, 4) is 10.6 Å². The van der Waals surface area contributed by atoms with E-state index >= 15 is 0 Å². The standard InChI is InChI=1S/C22H22N2O3S/c1-14-7-9-18(10-8-14)23-21(26)16(3)27-20(25)12-19-13-28-22(24-19)17-6-4-5-15(2)11-17/h4-11,13,16H,12H2,1-3H3,(H,23,26)/t16-/m0/s1. The molecule has 0 bridgehead atoms. The van der Waals surface area contributed by atoms with Crippen LogP contribution in [0.4, 0.5) is 5.69 Å². The number of carbonyl (C=O) groups is 2. The topological polar surface area (TPSA) is 68.3 Å². The zero-order chi connectivity index (χ0) is 20.1. The zero-order valence-electron chi connectivity index (χ0n) is 16.1. The van der Waals surface area contributed by atoms with Crippen LogP contribution in [-0.2, 0) is 20.7 Å². The van der Waals surface area contributed by atoms with Crippen LogP contribution in [0.3, 0.4) is 0 Å². The summed E-state index contributed by atoms with van der Waals surface area (Å²) < 4.78 is 5.26. The van der Waals surface area contributed by atoms with Crippen molar-refractivity contribution in [3.63, 3.8) is 0 Å². The van der Waals surface area contributed by atoms with Crippen LogP contribution in [0, 0.1) is 13.8 Å². The van der Waals surface area contributed by atoms with Gasteiger partial charge in [0.15, 0.2) is 6.10 Å². The molecule has 0 spiro atoms. The van der Waals surface area contributed by atoms with Crippen LogP contribution in [0.1, 0.15) is 23.7 Å². The van der Waals surface area contributed by atoms with E-state index in [1.165, 1.54) is 11.3 Å². The van der Waals surface area contributed by atoms with Gasteiger partial charge in [0.25, 0.3) is 5.91 Å². The highest BCUT2D eigenvalue weighted by Gasteiger charge is 2.19. The van der Waals surface area contributed by atoms with Crippen LogP contribution >= 0.6 is 11.3 Å². The Morgan fingerprint density at radius 1 is 1.11 bits per heavy atom. The van der Waals surface area contributed by atoms with E-state index in [1.54, 1.807) is 6.92 Å². The monoisotopic (exact) mass is 394 g/mol. The SMILES string of the molecule is Cc1ccc(NC(=O)[C@H](C)OC(=O)Cc2csc(-c3cccc(C)c3)n2)cc1. The third-order valence-corrected chi connectivity index (χ3v) is 5.08. The Bertz CT molecular complexity index is 979. The maximum atomic E-state index is 12.2. The van der Waals surface area contributed by atoms with Crippen LogP contribution in [0.2, 0.25) is 0 Å². The van der Waals surface area contributed by atoms with E-state index in [1.807, 2.05) is 61.7 Å². The lowest BCUT2D eigenvalue weighted by atomic mass is 10.1. The second-order valence-corrected chi connectivity index (χ2v) is 7.54. The molecule has 0 saturated heterocycles. The van der Waals surface area contributed by atoms with Crippen molar-refractivity contribution in [1.82, 2.24) is 4.98 Å². The van der Waals surface area contributed by atoms with Crippen LogP contribution in [0.15, 0.2) is 53.9 Å². The number of rotatable bonds is 6. The summed E-state index contributed by atoms with van der Waals surface area (Å²) in [5, 5.41) is 5.44. The molecule has 5 nitrogen and oxygen atoms in total. The first-order valence-corrected chi connectivity index (χ1v) is 9.87. The molecule has 0 aliphatic carbocycles. The van der Waals surface area contributed by atoms with E-state index in [4.69, 9.17) is 4.74 Å². The van der Waals surface area contributed by atoms with E-state index < -0.39 is 12.1 Å². The largest absolute Gasteiger partial charge is 0.452 e. The fourth-order valence-corrected chi connectivity index (χ4v) is 3.44. The summed E-state index contributed by atoms with van der Waals surface area (Å²) in [4.78, 5) is 28.9. The average molecular weight is 394 g/mol. The molecule has 3 rings (SSSR count). The molecule has 1 amide bonds.